The van der Waals surface area contributed by atoms with Gasteiger partial charge in [-0.2, -0.15) is 0 Å². The highest BCUT2D eigenvalue weighted by atomic mass is 79.9. The molecule has 2 nitrogen and oxygen atoms in total. The smallest absolute Gasteiger partial charge is 0.183 e. The molecule has 96 valence electrons. The fourth-order valence-electron chi connectivity index (χ4n) is 1.55. The van der Waals surface area contributed by atoms with E-state index in [1.54, 1.807) is 0 Å². The molecule has 2 aromatic rings. The summed E-state index contributed by atoms with van der Waals surface area (Å²) in [6.45, 7) is 2.83. The summed E-state index contributed by atoms with van der Waals surface area (Å²) in [7, 11) is 0. The van der Waals surface area contributed by atoms with Crippen LogP contribution in [0.25, 0.3) is 0 Å². The Balaban J connectivity index is 2.05. The van der Waals surface area contributed by atoms with Crippen molar-refractivity contribution in [3.05, 3.63) is 45.2 Å². The van der Waals surface area contributed by atoms with E-state index in [1.807, 2.05) is 23.9 Å². The quantitative estimate of drug-likeness (QED) is 0.679. The van der Waals surface area contributed by atoms with Crippen molar-refractivity contribution in [3.63, 3.8) is 0 Å². The lowest BCUT2D eigenvalue weighted by molar-refractivity contribution is 0.494. The van der Waals surface area contributed by atoms with Crippen LogP contribution >= 0.6 is 43.6 Å². The van der Waals surface area contributed by atoms with E-state index in [2.05, 4.69) is 62.3 Å². The van der Waals surface area contributed by atoms with Gasteiger partial charge in [0.05, 0.1) is 11.0 Å². The summed E-state index contributed by atoms with van der Waals surface area (Å²) in [4.78, 5) is 1.27. The van der Waals surface area contributed by atoms with Crippen molar-refractivity contribution in [2.24, 2.45) is 0 Å². The van der Waals surface area contributed by atoms with Crippen molar-refractivity contribution in [1.29, 1.82) is 0 Å². The first kappa shape index (κ1) is 14.0. The van der Waals surface area contributed by atoms with E-state index in [1.165, 1.54) is 4.90 Å². The molecule has 0 amide bonds. The zero-order valence-electron chi connectivity index (χ0n) is 9.87. The molecule has 0 aliphatic heterocycles. The zero-order chi connectivity index (χ0) is 13.0. The average Bonchev–Trinajstić information content (AvgIpc) is 2.68. The largest absolute Gasteiger partial charge is 0.451 e. The van der Waals surface area contributed by atoms with Gasteiger partial charge in [-0.05, 0) is 55.8 Å². The molecule has 0 aliphatic carbocycles. The Morgan fingerprint density at radius 3 is 2.72 bits per heavy atom. The standard InChI is InChI=1S/C13H13Br2NOS/c1-2-18-12-6-4-3-5-11(12)16-8-9-7-10(14)13(15)17-9/h3-7,16H,2,8H2,1H3. The summed E-state index contributed by atoms with van der Waals surface area (Å²) in [6.07, 6.45) is 0. The van der Waals surface area contributed by atoms with Crippen LogP contribution in [0.5, 0.6) is 0 Å². The van der Waals surface area contributed by atoms with Crippen molar-refractivity contribution < 1.29 is 4.42 Å². The topological polar surface area (TPSA) is 25.2 Å². The van der Waals surface area contributed by atoms with E-state index in [-0.39, 0.29) is 0 Å². The molecule has 5 heteroatoms. The van der Waals surface area contributed by atoms with Gasteiger partial charge >= 0.3 is 0 Å². The number of halogens is 2. The minimum Gasteiger partial charge on any atom is -0.451 e. The fraction of sp³-hybridized carbons (Fsp3) is 0.231. The van der Waals surface area contributed by atoms with E-state index in [0.29, 0.717) is 6.54 Å². The Hall–Kier alpha value is -0.390. The van der Waals surface area contributed by atoms with Crippen LogP contribution in [0.4, 0.5) is 5.69 Å². The van der Waals surface area contributed by atoms with Gasteiger partial charge in [0.1, 0.15) is 5.76 Å². The first-order valence-corrected chi connectivity index (χ1v) is 8.17. The van der Waals surface area contributed by atoms with Crippen LogP contribution < -0.4 is 5.32 Å². The number of furan rings is 1. The maximum Gasteiger partial charge on any atom is 0.183 e. The number of benzene rings is 1. The van der Waals surface area contributed by atoms with Crippen molar-refractivity contribution in [2.45, 2.75) is 18.4 Å². The first-order chi connectivity index (χ1) is 8.70. The van der Waals surface area contributed by atoms with Crippen LogP contribution in [-0.4, -0.2) is 5.75 Å². The summed E-state index contributed by atoms with van der Waals surface area (Å²) < 4.78 is 7.21. The molecule has 0 saturated carbocycles. The predicted octanol–water partition coefficient (Wildman–Crippen LogP) is 5.53. The molecule has 0 unspecified atom stereocenters. The van der Waals surface area contributed by atoms with E-state index in [0.717, 1.165) is 26.3 Å². The Kier molecular flexibility index (Phi) is 5.21. The van der Waals surface area contributed by atoms with Crippen LogP contribution in [0, 0.1) is 0 Å². The second kappa shape index (κ2) is 6.68. The van der Waals surface area contributed by atoms with Gasteiger partial charge in [-0.1, -0.05) is 19.1 Å². The van der Waals surface area contributed by atoms with E-state index in [9.17, 15) is 0 Å². The minimum atomic E-state index is 0.672. The summed E-state index contributed by atoms with van der Waals surface area (Å²) in [5.74, 6) is 1.96. The Morgan fingerprint density at radius 1 is 1.28 bits per heavy atom. The van der Waals surface area contributed by atoms with Crippen molar-refractivity contribution in [3.8, 4) is 0 Å². The number of thioether (sulfide) groups is 1. The molecule has 1 aromatic heterocycles. The molecule has 0 spiro atoms. The first-order valence-electron chi connectivity index (χ1n) is 5.60. The van der Waals surface area contributed by atoms with Gasteiger partial charge in [-0.15, -0.1) is 11.8 Å². The Bertz CT molecular complexity index is 508. The molecule has 1 heterocycles. The molecule has 0 bridgehead atoms. The van der Waals surface area contributed by atoms with Crippen molar-refractivity contribution in [1.82, 2.24) is 0 Å². The zero-order valence-corrected chi connectivity index (χ0v) is 13.9. The van der Waals surface area contributed by atoms with Gasteiger partial charge in [-0.3, -0.25) is 0 Å². The summed E-state index contributed by atoms with van der Waals surface area (Å²) in [5, 5.41) is 3.40. The highest BCUT2D eigenvalue weighted by Gasteiger charge is 2.07. The van der Waals surface area contributed by atoms with Crippen LogP contribution in [0.3, 0.4) is 0 Å². The number of hydrogen-bond donors (Lipinski definition) is 1. The summed E-state index contributed by atoms with van der Waals surface area (Å²) in [5.41, 5.74) is 1.15. The lowest BCUT2D eigenvalue weighted by Crippen LogP contribution is -1.99. The molecule has 1 aromatic carbocycles. The second-order valence-electron chi connectivity index (χ2n) is 3.62. The van der Waals surface area contributed by atoms with Gasteiger partial charge in [0, 0.05) is 10.6 Å². The molecule has 18 heavy (non-hydrogen) atoms. The highest BCUT2D eigenvalue weighted by molar-refractivity contribution is 9.13. The Labute approximate surface area is 128 Å². The molecule has 0 saturated heterocycles. The van der Waals surface area contributed by atoms with Crippen LogP contribution in [0.1, 0.15) is 12.7 Å². The number of para-hydroxylation sites is 1. The lowest BCUT2D eigenvalue weighted by Gasteiger charge is -2.09. The third-order valence-corrected chi connectivity index (χ3v) is 5.00. The summed E-state index contributed by atoms with van der Waals surface area (Å²) >= 11 is 8.58. The van der Waals surface area contributed by atoms with Crippen molar-refractivity contribution in [2.75, 3.05) is 11.1 Å². The molecule has 2 rings (SSSR count). The average molecular weight is 391 g/mol. The number of hydrogen-bond acceptors (Lipinski definition) is 3. The minimum absolute atomic E-state index is 0.672. The van der Waals surface area contributed by atoms with E-state index >= 15 is 0 Å². The monoisotopic (exact) mass is 389 g/mol. The number of anilines is 1. The summed E-state index contributed by atoms with van der Waals surface area (Å²) in [6, 6.07) is 10.3. The van der Waals surface area contributed by atoms with E-state index in [4.69, 9.17) is 4.42 Å². The van der Waals surface area contributed by atoms with Gasteiger partial charge < -0.3 is 9.73 Å². The van der Waals surface area contributed by atoms with E-state index < -0.39 is 0 Å². The molecule has 1 N–H and O–H groups in total. The second-order valence-corrected chi connectivity index (χ2v) is 6.50. The van der Waals surface area contributed by atoms with Gasteiger partial charge in [0.25, 0.3) is 0 Å². The van der Waals surface area contributed by atoms with Gasteiger partial charge in [0.2, 0.25) is 0 Å². The van der Waals surface area contributed by atoms with Crippen LogP contribution in [0.2, 0.25) is 0 Å². The SMILES string of the molecule is CCSc1ccccc1NCc1cc(Br)c(Br)o1. The van der Waals surface area contributed by atoms with Crippen LogP contribution in [-0.2, 0) is 6.54 Å². The number of nitrogens with one attached hydrogen (secondary N) is 1. The number of rotatable bonds is 5. The lowest BCUT2D eigenvalue weighted by atomic mass is 10.3. The third-order valence-electron chi connectivity index (χ3n) is 2.34. The highest BCUT2D eigenvalue weighted by Crippen LogP contribution is 2.29. The normalized spacial score (nSPS) is 10.6. The van der Waals surface area contributed by atoms with Crippen LogP contribution in [0.15, 0.2) is 48.8 Å². The molecular weight excluding hydrogens is 378 g/mol. The molecule has 0 fully saturated rings. The molecular formula is C13H13Br2NOS. The maximum absolute atomic E-state index is 5.54. The third kappa shape index (κ3) is 3.56. The molecule has 0 aliphatic rings. The van der Waals surface area contributed by atoms with Gasteiger partial charge in [-0.25, -0.2) is 0 Å². The van der Waals surface area contributed by atoms with Crippen molar-refractivity contribution >= 4 is 49.3 Å². The molecule has 0 radical (unpaired) electrons. The fourth-order valence-corrected chi connectivity index (χ4v) is 3.00. The van der Waals surface area contributed by atoms with Gasteiger partial charge in [0.15, 0.2) is 4.67 Å². The maximum atomic E-state index is 5.54. The molecule has 0 atom stereocenters. The Morgan fingerprint density at radius 2 is 2.06 bits per heavy atom. The predicted molar refractivity (Wildman–Crippen MR) is 84.3 cm³/mol.